The molecule has 0 unspecified atom stereocenters. The topological polar surface area (TPSA) is 52.4 Å². The summed E-state index contributed by atoms with van der Waals surface area (Å²) < 4.78 is 6.50. The van der Waals surface area contributed by atoms with Gasteiger partial charge < -0.3 is 4.74 Å². The molecule has 6 heteroatoms. The van der Waals surface area contributed by atoms with Crippen LogP contribution < -0.4 is 4.74 Å². The molecule has 0 aliphatic rings. The summed E-state index contributed by atoms with van der Waals surface area (Å²) in [5.74, 6) is 1.11. The first kappa shape index (κ1) is 13.8. The molecule has 0 heterocycles. The average Bonchev–Trinajstić information content (AvgIpc) is 2.35. The summed E-state index contributed by atoms with van der Waals surface area (Å²) in [5, 5.41) is 10.8. The second-order valence-electron chi connectivity index (χ2n) is 3.86. The van der Waals surface area contributed by atoms with Gasteiger partial charge in [-0.05, 0) is 40.5 Å². The van der Waals surface area contributed by atoms with Gasteiger partial charge in [0, 0.05) is 12.1 Å². The molecule has 0 fully saturated rings. The number of nitro groups is 1. The number of rotatable bonds is 3. The molecular weight excluding hydrogens is 334 g/mol. The van der Waals surface area contributed by atoms with Crippen LogP contribution in [-0.4, -0.2) is 4.92 Å². The SMILES string of the molecule is Cc1cc([N+](=O)[O-])c(Cl)cc1Oc1ccccc1Br. The van der Waals surface area contributed by atoms with Crippen LogP contribution in [0.2, 0.25) is 5.02 Å². The molecule has 2 rings (SSSR count). The predicted octanol–water partition coefficient (Wildman–Crippen LogP) is 5.11. The van der Waals surface area contributed by atoms with Crippen molar-refractivity contribution in [2.45, 2.75) is 6.92 Å². The van der Waals surface area contributed by atoms with Crippen LogP contribution in [-0.2, 0) is 0 Å². The highest BCUT2D eigenvalue weighted by Gasteiger charge is 2.16. The quantitative estimate of drug-likeness (QED) is 0.575. The van der Waals surface area contributed by atoms with Crippen molar-refractivity contribution in [3.8, 4) is 11.5 Å². The summed E-state index contributed by atoms with van der Waals surface area (Å²) in [7, 11) is 0. The fourth-order valence-electron chi connectivity index (χ4n) is 1.54. The van der Waals surface area contributed by atoms with E-state index in [1.165, 1.54) is 12.1 Å². The van der Waals surface area contributed by atoms with Gasteiger partial charge in [-0.15, -0.1) is 0 Å². The number of ether oxygens (including phenoxy) is 1. The molecule has 0 radical (unpaired) electrons. The van der Waals surface area contributed by atoms with Gasteiger partial charge in [0.25, 0.3) is 5.69 Å². The van der Waals surface area contributed by atoms with Crippen molar-refractivity contribution >= 4 is 33.2 Å². The Morgan fingerprint density at radius 3 is 2.58 bits per heavy atom. The molecule has 0 aliphatic carbocycles. The Hall–Kier alpha value is -1.59. The number of hydrogen-bond donors (Lipinski definition) is 0. The average molecular weight is 343 g/mol. The number of nitro benzene ring substituents is 1. The molecular formula is C13H9BrClNO3. The van der Waals surface area contributed by atoms with Gasteiger partial charge in [0.1, 0.15) is 16.5 Å². The van der Waals surface area contributed by atoms with Crippen LogP contribution in [0.4, 0.5) is 5.69 Å². The molecule has 0 amide bonds. The minimum Gasteiger partial charge on any atom is -0.456 e. The number of halogens is 2. The van der Waals surface area contributed by atoms with E-state index < -0.39 is 4.92 Å². The lowest BCUT2D eigenvalue weighted by Crippen LogP contribution is -1.93. The number of aryl methyl sites for hydroxylation is 1. The van der Waals surface area contributed by atoms with E-state index in [4.69, 9.17) is 16.3 Å². The highest BCUT2D eigenvalue weighted by Crippen LogP contribution is 2.36. The van der Waals surface area contributed by atoms with Gasteiger partial charge in [-0.25, -0.2) is 0 Å². The van der Waals surface area contributed by atoms with E-state index in [0.717, 1.165) is 4.47 Å². The normalized spacial score (nSPS) is 10.3. The summed E-state index contributed by atoms with van der Waals surface area (Å²) in [5.41, 5.74) is 0.519. The highest BCUT2D eigenvalue weighted by atomic mass is 79.9. The van der Waals surface area contributed by atoms with Crippen LogP contribution in [0.3, 0.4) is 0 Å². The third-order valence-corrected chi connectivity index (χ3v) is 3.46. The molecule has 4 nitrogen and oxygen atoms in total. The molecule has 98 valence electrons. The Kier molecular flexibility index (Phi) is 4.07. The van der Waals surface area contributed by atoms with E-state index in [0.29, 0.717) is 17.1 Å². The fourth-order valence-corrected chi connectivity index (χ4v) is 2.13. The first-order chi connectivity index (χ1) is 8.99. The van der Waals surface area contributed by atoms with Gasteiger partial charge >= 0.3 is 0 Å². The lowest BCUT2D eigenvalue weighted by molar-refractivity contribution is -0.384. The van der Waals surface area contributed by atoms with Gasteiger partial charge in [-0.3, -0.25) is 10.1 Å². The van der Waals surface area contributed by atoms with Crippen LogP contribution in [0.1, 0.15) is 5.56 Å². The Labute approximate surface area is 123 Å². The summed E-state index contributed by atoms with van der Waals surface area (Å²) in [6.45, 7) is 1.73. The van der Waals surface area contributed by atoms with Gasteiger partial charge in [0.15, 0.2) is 0 Å². The maximum atomic E-state index is 10.8. The lowest BCUT2D eigenvalue weighted by atomic mass is 10.2. The molecule has 19 heavy (non-hydrogen) atoms. The third kappa shape index (κ3) is 3.05. The van der Waals surface area contributed by atoms with Gasteiger partial charge in [0.2, 0.25) is 0 Å². The minimum atomic E-state index is -0.516. The van der Waals surface area contributed by atoms with Crippen molar-refractivity contribution in [3.63, 3.8) is 0 Å². The number of nitrogens with zero attached hydrogens (tertiary/aromatic N) is 1. The van der Waals surface area contributed by atoms with Gasteiger partial charge in [-0.1, -0.05) is 23.7 Å². The summed E-state index contributed by atoms with van der Waals surface area (Å²) >= 11 is 9.24. The Morgan fingerprint density at radius 1 is 1.26 bits per heavy atom. The largest absolute Gasteiger partial charge is 0.456 e. The van der Waals surface area contributed by atoms with E-state index in [2.05, 4.69) is 15.9 Å². The fraction of sp³-hybridized carbons (Fsp3) is 0.0769. The van der Waals surface area contributed by atoms with Crippen LogP contribution in [0, 0.1) is 17.0 Å². The van der Waals surface area contributed by atoms with E-state index >= 15 is 0 Å². The first-order valence-electron chi connectivity index (χ1n) is 5.36. The van der Waals surface area contributed by atoms with Crippen molar-refractivity contribution in [3.05, 3.63) is 61.6 Å². The zero-order valence-electron chi connectivity index (χ0n) is 9.89. The third-order valence-electron chi connectivity index (χ3n) is 2.50. The summed E-state index contributed by atoms with van der Waals surface area (Å²) in [4.78, 5) is 10.3. The van der Waals surface area contributed by atoms with Crippen molar-refractivity contribution in [1.29, 1.82) is 0 Å². The molecule has 2 aromatic carbocycles. The molecule has 0 N–H and O–H groups in total. The Bertz CT molecular complexity index is 646. The Morgan fingerprint density at radius 2 is 1.95 bits per heavy atom. The molecule has 0 bridgehead atoms. The first-order valence-corrected chi connectivity index (χ1v) is 6.53. The second kappa shape index (κ2) is 5.59. The smallest absolute Gasteiger partial charge is 0.288 e. The number of hydrogen-bond acceptors (Lipinski definition) is 3. The van der Waals surface area contributed by atoms with Crippen LogP contribution in [0.5, 0.6) is 11.5 Å². The van der Waals surface area contributed by atoms with Crippen LogP contribution in [0.15, 0.2) is 40.9 Å². The lowest BCUT2D eigenvalue weighted by Gasteiger charge is -2.10. The summed E-state index contributed by atoms with van der Waals surface area (Å²) in [6, 6.07) is 10.2. The maximum Gasteiger partial charge on any atom is 0.288 e. The van der Waals surface area contributed by atoms with E-state index in [-0.39, 0.29) is 10.7 Å². The molecule has 2 aromatic rings. The van der Waals surface area contributed by atoms with Crippen LogP contribution in [0.25, 0.3) is 0 Å². The van der Waals surface area contributed by atoms with Crippen molar-refractivity contribution in [2.75, 3.05) is 0 Å². The summed E-state index contributed by atoms with van der Waals surface area (Å²) in [6.07, 6.45) is 0. The standard InChI is InChI=1S/C13H9BrClNO3/c1-8-6-11(16(17)18)10(15)7-13(8)19-12-5-3-2-4-9(12)14/h2-7H,1H3. The van der Waals surface area contributed by atoms with Crippen molar-refractivity contribution in [1.82, 2.24) is 0 Å². The molecule has 0 saturated heterocycles. The number of para-hydroxylation sites is 1. The predicted molar refractivity (Wildman–Crippen MR) is 77.1 cm³/mol. The van der Waals surface area contributed by atoms with Gasteiger partial charge in [0.05, 0.1) is 9.40 Å². The number of benzene rings is 2. The molecule has 0 spiro atoms. The van der Waals surface area contributed by atoms with Crippen molar-refractivity contribution in [2.24, 2.45) is 0 Å². The maximum absolute atomic E-state index is 10.8. The van der Waals surface area contributed by atoms with Gasteiger partial charge in [-0.2, -0.15) is 0 Å². The van der Waals surface area contributed by atoms with E-state index in [1.54, 1.807) is 13.0 Å². The van der Waals surface area contributed by atoms with Crippen molar-refractivity contribution < 1.29 is 9.66 Å². The van der Waals surface area contributed by atoms with E-state index in [1.807, 2.05) is 18.2 Å². The molecule has 0 aliphatic heterocycles. The highest BCUT2D eigenvalue weighted by molar-refractivity contribution is 9.10. The molecule has 0 saturated carbocycles. The zero-order valence-corrected chi connectivity index (χ0v) is 12.2. The zero-order chi connectivity index (χ0) is 14.0. The molecule has 0 aromatic heterocycles. The second-order valence-corrected chi connectivity index (χ2v) is 5.12. The molecule has 0 atom stereocenters. The van der Waals surface area contributed by atoms with E-state index in [9.17, 15) is 10.1 Å². The Balaban J connectivity index is 2.39. The minimum absolute atomic E-state index is 0.0534. The monoisotopic (exact) mass is 341 g/mol. The van der Waals surface area contributed by atoms with Crippen LogP contribution >= 0.6 is 27.5 Å².